The number of carboxylic acid groups (broad SMARTS) is 1. The molecule has 1 rings (SSSR count). The zero-order valence-corrected chi connectivity index (χ0v) is 8.75. The molecule has 1 unspecified atom stereocenters. The topological polar surface area (TPSA) is 37.3 Å². The van der Waals surface area contributed by atoms with Gasteiger partial charge in [-0.2, -0.15) is 0 Å². The summed E-state index contributed by atoms with van der Waals surface area (Å²) in [5, 5.41) is 8.54. The van der Waals surface area contributed by atoms with E-state index in [1.165, 1.54) is 11.1 Å². The van der Waals surface area contributed by atoms with Gasteiger partial charge in [-0.05, 0) is 38.5 Å². The number of allylic oxidation sites excluding steroid dienone is 3. The Balaban J connectivity index is 2.37. The van der Waals surface area contributed by atoms with Crippen molar-refractivity contribution < 1.29 is 9.90 Å². The summed E-state index contributed by atoms with van der Waals surface area (Å²) >= 11 is 0. The predicted molar refractivity (Wildman–Crippen MR) is 57.1 cm³/mol. The highest BCUT2D eigenvalue weighted by molar-refractivity contribution is 5.67. The molecule has 1 atom stereocenters. The maximum atomic E-state index is 10.4. The van der Waals surface area contributed by atoms with E-state index in [2.05, 4.69) is 19.6 Å². The van der Waals surface area contributed by atoms with Crippen molar-refractivity contribution in [3.63, 3.8) is 0 Å². The second-order valence-electron chi connectivity index (χ2n) is 4.07. The highest BCUT2D eigenvalue weighted by Gasteiger charge is 2.14. The summed E-state index contributed by atoms with van der Waals surface area (Å²) in [6.07, 6.45) is 6.42. The molecule has 0 saturated carbocycles. The number of carbonyl (C=O) groups is 1. The Labute approximate surface area is 85.3 Å². The zero-order chi connectivity index (χ0) is 10.6. The van der Waals surface area contributed by atoms with E-state index in [1.54, 1.807) is 0 Å². The Bertz CT molecular complexity index is 263. The van der Waals surface area contributed by atoms with Gasteiger partial charge in [-0.25, -0.2) is 0 Å². The van der Waals surface area contributed by atoms with Crippen molar-refractivity contribution in [1.82, 2.24) is 0 Å². The Hall–Kier alpha value is -1.05. The van der Waals surface area contributed by atoms with Crippen LogP contribution in [0, 0.1) is 5.92 Å². The number of hydrogen-bond donors (Lipinski definition) is 1. The fourth-order valence-corrected chi connectivity index (χ4v) is 1.83. The van der Waals surface area contributed by atoms with Crippen LogP contribution < -0.4 is 0 Å². The first kappa shape index (κ1) is 11.0. The average Bonchev–Trinajstić information content (AvgIpc) is 2.15. The second kappa shape index (κ2) is 4.99. The van der Waals surface area contributed by atoms with Crippen molar-refractivity contribution in [1.29, 1.82) is 0 Å². The van der Waals surface area contributed by atoms with Gasteiger partial charge in [0.15, 0.2) is 0 Å². The third-order valence-corrected chi connectivity index (χ3v) is 2.86. The largest absolute Gasteiger partial charge is 0.481 e. The molecule has 14 heavy (non-hydrogen) atoms. The summed E-state index contributed by atoms with van der Waals surface area (Å²) in [6.45, 7) is 6.02. The van der Waals surface area contributed by atoms with Gasteiger partial charge in [0, 0.05) is 6.42 Å². The first-order valence-electron chi connectivity index (χ1n) is 5.14. The van der Waals surface area contributed by atoms with E-state index >= 15 is 0 Å². The van der Waals surface area contributed by atoms with E-state index in [0.29, 0.717) is 5.92 Å². The van der Waals surface area contributed by atoms with Crippen LogP contribution in [0.3, 0.4) is 0 Å². The normalized spacial score (nSPS) is 21.5. The molecule has 1 aliphatic rings. The van der Waals surface area contributed by atoms with Gasteiger partial charge in [-0.3, -0.25) is 4.79 Å². The summed E-state index contributed by atoms with van der Waals surface area (Å²) in [4.78, 5) is 10.4. The highest BCUT2D eigenvalue weighted by Crippen LogP contribution is 2.29. The number of aliphatic carboxylic acids is 1. The Morgan fingerprint density at radius 1 is 1.71 bits per heavy atom. The van der Waals surface area contributed by atoms with Gasteiger partial charge in [0.2, 0.25) is 0 Å². The molecule has 0 spiro atoms. The molecule has 1 aliphatic carbocycles. The average molecular weight is 194 g/mol. The number of hydrogen-bond acceptors (Lipinski definition) is 1. The van der Waals surface area contributed by atoms with Gasteiger partial charge < -0.3 is 5.11 Å². The summed E-state index contributed by atoms with van der Waals surface area (Å²) in [6, 6.07) is 0. The first-order valence-corrected chi connectivity index (χ1v) is 5.14. The van der Waals surface area contributed by atoms with Crippen molar-refractivity contribution in [2.45, 2.75) is 39.0 Å². The van der Waals surface area contributed by atoms with Crippen LogP contribution in [-0.4, -0.2) is 11.1 Å². The Morgan fingerprint density at radius 2 is 2.43 bits per heavy atom. The van der Waals surface area contributed by atoms with Crippen LogP contribution in [0.25, 0.3) is 0 Å². The molecule has 2 heteroatoms. The van der Waals surface area contributed by atoms with E-state index in [4.69, 9.17) is 5.11 Å². The molecule has 1 N–H and O–H groups in total. The molecule has 0 aromatic heterocycles. The van der Waals surface area contributed by atoms with Crippen molar-refractivity contribution in [2.75, 3.05) is 0 Å². The van der Waals surface area contributed by atoms with Gasteiger partial charge in [0.1, 0.15) is 0 Å². The van der Waals surface area contributed by atoms with Crippen LogP contribution in [0.5, 0.6) is 0 Å². The first-order chi connectivity index (χ1) is 6.59. The molecule has 0 fully saturated rings. The molecular weight excluding hydrogens is 176 g/mol. The van der Waals surface area contributed by atoms with E-state index in [1.807, 2.05) is 0 Å². The molecule has 0 aromatic rings. The zero-order valence-electron chi connectivity index (χ0n) is 8.75. The number of carboxylic acids is 1. The minimum atomic E-state index is -0.701. The molecule has 2 nitrogen and oxygen atoms in total. The molecule has 0 bridgehead atoms. The van der Waals surface area contributed by atoms with E-state index < -0.39 is 5.97 Å². The molecule has 78 valence electrons. The van der Waals surface area contributed by atoms with E-state index in [-0.39, 0.29) is 6.42 Å². The third kappa shape index (κ3) is 3.36. The molecule has 0 amide bonds. The van der Waals surface area contributed by atoms with Crippen LogP contribution in [0.1, 0.15) is 39.0 Å². The molecule has 0 heterocycles. The van der Waals surface area contributed by atoms with E-state index in [0.717, 1.165) is 25.7 Å². The van der Waals surface area contributed by atoms with Crippen LogP contribution in [0.2, 0.25) is 0 Å². The standard InChI is InChI=1S/C12H18O2/c1-9(2)11-6-3-10(4-7-11)5-8-12(13)14/h3,11H,1,4-8H2,2H3,(H,13,14). The van der Waals surface area contributed by atoms with Crippen LogP contribution in [0.4, 0.5) is 0 Å². The van der Waals surface area contributed by atoms with Gasteiger partial charge in [-0.1, -0.05) is 23.8 Å². The second-order valence-corrected chi connectivity index (χ2v) is 4.07. The summed E-state index contributed by atoms with van der Waals surface area (Å²) < 4.78 is 0. The molecular formula is C12H18O2. The Kier molecular flexibility index (Phi) is 3.93. The van der Waals surface area contributed by atoms with Crippen molar-refractivity contribution in [3.8, 4) is 0 Å². The fraction of sp³-hybridized carbons (Fsp3) is 0.583. The molecule has 0 aliphatic heterocycles. The minimum Gasteiger partial charge on any atom is -0.481 e. The van der Waals surface area contributed by atoms with Crippen molar-refractivity contribution >= 4 is 5.97 Å². The minimum absolute atomic E-state index is 0.267. The van der Waals surface area contributed by atoms with Crippen LogP contribution in [0.15, 0.2) is 23.8 Å². The lowest BCUT2D eigenvalue weighted by molar-refractivity contribution is -0.136. The Morgan fingerprint density at radius 3 is 2.86 bits per heavy atom. The molecule has 0 aromatic carbocycles. The number of rotatable bonds is 4. The summed E-state index contributed by atoms with van der Waals surface area (Å²) in [5.74, 6) is -0.0866. The molecule has 0 saturated heterocycles. The maximum absolute atomic E-state index is 10.4. The van der Waals surface area contributed by atoms with Crippen LogP contribution in [-0.2, 0) is 4.79 Å². The smallest absolute Gasteiger partial charge is 0.303 e. The van der Waals surface area contributed by atoms with Crippen molar-refractivity contribution in [2.24, 2.45) is 5.92 Å². The SMILES string of the molecule is C=C(C)C1CC=C(CCC(=O)O)CC1. The molecule has 0 radical (unpaired) electrons. The van der Waals surface area contributed by atoms with Crippen LogP contribution >= 0.6 is 0 Å². The van der Waals surface area contributed by atoms with Crippen molar-refractivity contribution in [3.05, 3.63) is 23.8 Å². The summed E-state index contributed by atoms with van der Waals surface area (Å²) in [5.41, 5.74) is 2.56. The van der Waals surface area contributed by atoms with Gasteiger partial charge in [-0.15, -0.1) is 0 Å². The quantitative estimate of drug-likeness (QED) is 0.698. The van der Waals surface area contributed by atoms with Gasteiger partial charge in [0.25, 0.3) is 0 Å². The highest BCUT2D eigenvalue weighted by atomic mass is 16.4. The predicted octanol–water partition coefficient (Wildman–Crippen LogP) is 3.15. The lowest BCUT2D eigenvalue weighted by atomic mass is 9.84. The van der Waals surface area contributed by atoms with E-state index in [9.17, 15) is 4.79 Å². The van der Waals surface area contributed by atoms with Gasteiger partial charge >= 0.3 is 5.97 Å². The fourth-order valence-electron chi connectivity index (χ4n) is 1.83. The third-order valence-electron chi connectivity index (χ3n) is 2.86. The summed E-state index contributed by atoms with van der Waals surface area (Å²) in [7, 11) is 0. The monoisotopic (exact) mass is 194 g/mol. The lowest BCUT2D eigenvalue weighted by Crippen LogP contribution is -2.07. The maximum Gasteiger partial charge on any atom is 0.303 e. The van der Waals surface area contributed by atoms with Gasteiger partial charge in [0.05, 0.1) is 0 Å². The lowest BCUT2D eigenvalue weighted by Gasteiger charge is -2.21.